The van der Waals surface area contributed by atoms with E-state index in [2.05, 4.69) is 45.2 Å². The van der Waals surface area contributed by atoms with Crippen molar-refractivity contribution in [2.75, 3.05) is 0 Å². The summed E-state index contributed by atoms with van der Waals surface area (Å²) in [5.41, 5.74) is 6.43. The highest BCUT2D eigenvalue weighted by molar-refractivity contribution is 14.1. The molecule has 0 aliphatic rings. The molecule has 24 heavy (non-hydrogen) atoms. The quantitative estimate of drug-likeness (QED) is 0.407. The molecule has 0 heterocycles. The van der Waals surface area contributed by atoms with E-state index in [4.69, 9.17) is 15.6 Å². The van der Waals surface area contributed by atoms with Crippen molar-refractivity contribution in [2.45, 2.75) is 12.5 Å². The molecule has 0 saturated carbocycles. The summed E-state index contributed by atoms with van der Waals surface area (Å²) in [5, 5.41) is 18.5. The molecular weight excluding hydrogens is 674 g/mol. The van der Waals surface area contributed by atoms with Crippen molar-refractivity contribution in [3.8, 4) is 17.2 Å². The van der Waals surface area contributed by atoms with Crippen LogP contribution in [-0.2, 0) is 11.2 Å². The number of hydrogen-bond donors (Lipinski definition) is 3. The summed E-state index contributed by atoms with van der Waals surface area (Å²) in [6.07, 6.45) is 0.263. The fourth-order valence-corrected chi connectivity index (χ4v) is 4.44. The molecule has 2 rings (SSSR count). The third-order valence-electron chi connectivity index (χ3n) is 2.97. The van der Waals surface area contributed by atoms with Gasteiger partial charge in [-0.25, -0.2) is 0 Å². The van der Waals surface area contributed by atoms with Gasteiger partial charge in [0.1, 0.15) is 17.5 Å². The zero-order chi connectivity index (χ0) is 17.1. The Kier molecular flexibility index (Phi) is 8.79. The van der Waals surface area contributed by atoms with Crippen molar-refractivity contribution < 1.29 is 19.7 Å². The van der Waals surface area contributed by atoms with Crippen molar-refractivity contribution in [2.24, 2.45) is 5.73 Å². The Hall–Kier alpha value is -0.0500. The summed E-state index contributed by atoms with van der Waals surface area (Å²) >= 11 is 6.33. The topological polar surface area (TPSA) is 92.8 Å². The van der Waals surface area contributed by atoms with Crippen molar-refractivity contribution in [3.63, 3.8) is 0 Å². The van der Waals surface area contributed by atoms with Gasteiger partial charge in [0.2, 0.25) is 0 Å². The first kappa shape index (κ1) is 22.0. The molecule has 0 bridgehead atoms. The van der Waals surface area contributed by atoms with Crippen LogP contribution in [0.2, 0.25) is 0 Å². The second-order valence-electron chi connectivity index (χ2n) is 4.75. The molecule has 0 aliphatic heterocycles. The molecular formula is C15H13ClI3NO4. The Bertz CT molecular complexity index is 734. The van der Waals surface area contributed by atoms with Crippen LogP contribution >= 0.6 is 80.2 Å². The number of carboxylic acid groups (broad SMARTS) is 1. The second-order valence-corrected chi connectivity index (χ2v) is 8.24. The van der Waals surface area contributed by atoms with Gasteiger partial charge in [0.05, 0.1) is 10.7 Å². The number of benzene rings is 2. The van der Waals surface area contributed by atoms with Gasteiger partial charge in [-0.05, 0) is 110 Å². The zero-order valence-corrected chi connectivity index (χ0v) is 19.3. The lowest BCUT2D eigenvalue weighted by atomic mass is 10.1. The average molecular weight is 687 g/mol. The molecule has 0 aliphatic carbocycles. The lowest BCUT2D eigenvalue weighted by Gasteiger charge is -2.13. The van der Waals surface area contributed by atoms with Gasteiger partial charge in [-0.3, -0.25) is 4.79 Å². The lowest BCUT2D eigenvalue weighted by Crippen LogP contribution is -2.32. The molecule has 2 aromatic carbocycles. The molecule has 0 fully saturated rings. The first-order chi connectivity index (χ1) is 10.8. The minimum absolute atomic E-state index is 0. The van der Waals surface area contributed by atoms with Crippen molar-refractivity contribution >= 4 is 86.1 Å². The van der Waals surface area contributed by atoms with Crippen molar-refractivity contribution in [3.05, 3.63) is 46.6 Å². The number of aromatic hydroxyl groups is 1. The molecule has 130 valence electrons. The normalized spacial score (nSPS) is 11.5. The van der Waals surface area contributed by atoms with Crippen LogP contribution in [0.15, 0.2) is 30.3 Å². The van der Waals surface area contributed by atoms with Crippen LogP contribution in [0, 0.1) is 10.7 Å². The number of hydrogen-bond acceptors (Lipinski definition) is 4. The van der Waals surface area contributed by atoms with Gasteiger partial charge in [-0.2, -0.15) is 0 Å². The molecule has 0 spiro atoms. The van der Waals surface area contributed by atoms with E-state index in [0.717, 1.165) is 12.7 Å². The molecule has 1 atom stereocenters. The van der Waals surface area contributed by atoms with E-state index in [1.165, 1.54) is 0 Å². The van der Waals surface area contributed by atoms with E-state index in [-0.39, 0.29) is 24.6 Å². The van der Waals surface area contributed by atoms with Gasteiger partial charge in [0.15, 0.2) is 5.75 Å². The number of phenols is 1. The van der Waals surface area contributed by atoms with Crippen LogP contribution in [-0.4, -0.2) is 22.2 Å². The predicted molar refractivity (Wildman–Crippen MR) is 119 cm³/mol. The fraction of sp³-hybridized carbons (Fsp3) is 0.133. The van der Waals surface area contributed by atoms with Gasteiger partial charge < -0.3 is 20.7 Å². The predicted octanol–water partition coefficient (Wildman–Crippen LogP) is 4.37. The van der Waals surface area contributed by atoms with E-state index in [1.807, 2.05) is 34.7 Å². The number of ether oxygens (including phenoxy) is 1. The SMILES string of the molecule is Cl.N[C@H](Cc1cc(I)c(Oc2ccc(O)c(I)c2)c(I)c1)C(=O)O. The van der Waals surface area contributed by atoms with Gasteiger partial charge in [-0.15, -0.1) is 12.4 Å². The number of phenolic OH excluding ortho intramolecular Hbond substituents is 1. The highest BCUT2D eigenvalue weighted by Gasteiger charge is 2.16. The van der Waals surface area contributed by atoms with E-state index in [9.17, 15) is 9.90 Å². The molecule has 9 heteroatoms. The van der Waals surface area contributed by atoms with Gasteiger partial charge in [0, 0.05) is 0 Å². The fourth-order valence-electron chi connectivity index (χ4n) is 1.84. The third-order valence-corrected chi connectivity index (χ3v) is 5.44. The Morgan fingerprint density at radius 3 is 2.21 bits per heavy atom. The third kappa shape index (κ3) is 5.75. The Morgan fingerprint density at radius 1 is 1.12 bits per heavy atom. The van der Waals surface area contributed by atoms with Gasteiger partial charge in [-0.1, -0.05) is 0 Å². The van der Waals surface area contributed by atoms with Crippen LogP contribution in [0.4, 0.5) is 0 Å². The number of halogens is 4. The molecule has 0 radical (unpaired) electrons. The lowest BCUT2D eigenvalue weighted by molar-refractivity contribution is -0.138. The standard InChI is InChI=1S/C15H12I3NO4.ClH/c16-9-6-8(1-2-13(9)20)23-14-10(17)3-7(4-11(14)18)5-12(19)15(21)22;/h1-4,6,12,20H,5,19H2,(H,21,22);1H/t12-;/m1./s1. The first-order valence-corrected chi connectivity index (χ1v) is 9.64. The largest absolute Gasteiger partial charge is 0.507 e. The number of rotatable bonds is 5. The summed E-state index contributed by atoms with van der Waals surface area (Å²) in [4.78, 5) is 10.9. The van der Waals surface area contributed by atoms with Crippen LogP contribution in [0.5, 0.6) is 17.2 Å². The smallest absolute Gasteiger partial charge is 0.320 e. The minimum atomic E-state index is -1.02. The summed E-state index contributed by atoms with van der Waals surface area (Å²) in [7, 11) is 0. The molecule has 4 N–H and O–H groups in total. The minimum Gasteiger partial charge on any atom is -0.507 e. The highest BCUT2D eigenvalue weighted by Crippen LogP contribution is 2.34. The maximum Gasteiger partial charge on any atom is 0.320 e. The highest BCUT2D eigenvalue weighted by atomic mass is 127. The van der Waals surface area contributed by atoms with E-state index in [0.29, 0.717) is 15.1 Å². The molecule has 0 saturated heterocycles. The molecule has 0 aromatic heterocycles. The monoisotopic (exact) mass is 687 g/mol. The molecule has 0 unspecified atom stereocenters. The number of carboxylic acids is 1. The van der Waals surface area contributed by atoms with Crippen LogP contribution in [0.3, 0.4) is 0 Å². The van der Waals surface area contributed by atoms with Crippen LogP contribution in [0.25, 0.3) is 0 Å². The summed E-state index contributed by atoms with van der Waals surface area (Å²) in [6.45, 7) is 0. The zero-order valence-electron chi connectivity index (χ0n) is 12.0. The Balaban J connectivity index is 0.00000288. The van der Waals surface area contributed by atoms with Crippen LogP contribution < -0.4 is 10.5 Å². The number of nitrogens with two attached hydrogens (primary N) is 1. The maximum atomic E-state index is 10.9. The van der Waals surface area contributed by atoms with Crippen molar-refractivity contribution in [1.82, 2.24) is 0 Å². The Labute approximate surface area is 186 Å². The van der Waals surface area contributed by atoms with Gasteiger partial charge >= 0.3 is 5.97 Å². The summed E-state index contributed by atoms with van der Waals surface area (Å²) in [5.74, 6) is 0.507. The van der Waals surface area contributed by atoms with Crippen molar-refractivity contribution in [1.29, 1.82) is 0 Å². The molecule has 5 nitrogen and oxygen atoms in total. The van der Waals surface area contributed by atoms with Crippen LogP contribution in [0.1, 0.15) is 5.56 Å². The maximum absolute atomic E-state index is 10.9. The summed E-state index contributed by atoms with van der Waals surface area (Å²) < 4.78 is 8.34. The summed E-state index contributed by atoms with van der Waals surface area (Å²) in [6, 6.07) is 7.83. The first-order valence-electron chi connectivity index (χ1n) is 6.40. The average Bonchev–Trinajstić information content (AvgIpc) is 2.46. The number of carbonyl (C=O) groups is 1. The van der Waals surface area contributed by atoms with Gasteiger partial charge in [0.25, 0.3) is 0 Å². The number of aliphatic carboxylic acids is 1. The second kappa shape index (κ2) is 9.59. The molecule has 2 aromatic rings. The van der Waals surface area contributed by atoms with E-state index >= 15 is 0 Å². The Morgan fingerprint density at radius 2 is 1.71 bits per heavy atom. The van der Waals surface area contributed by atoms with E-state index in [1.54, 1.807) is 18.2 Å². The molecule has 0 amide bonds. The van der Waals surface area contributed by atoms with E-state index < -0.39 is 12.0 Å².